The topological polar surface area (TPSA) is 77.1 Å². The maximum absolute atomic E-state index is 4.50. The number of aromatic nitrogens is 2. The molecule has 6 heteroatoms. The Labute approximate surface area is 108 Å². The number of anilines is 1. The second kappa shape index (κ2) is 5.75. The Kier molecular flexibility index (Phi) is 4.07. The molecule has 2 rings (SSSR count). The summed E-state index contributed by atoms with van der Waals surface area (Å²) in [6.07, 6.45) is 2.82. The first-order chi connectivity index (χ1) is 8.63. The van der Waals surface area contributed by atoms with Gasteiger partial charge in [-0.25, -0.2) is 4.98 Å². The molecular weight excluding hydrogens is 228 g/mol. The maximum atomic E-state index is 4.50. The lowest BCUT2D eigenvalue weighted by Crippen LogP contribution is -2.40. The van der Waals surface area contributed by atoms with Crippen LogP contribution in [-0.2, 0) is 6.42 Å². The Balaban J connectivity index is 1.82. The lowest BCUT2D eigenvalue weighted by molar-refractivity contribution is 0.642. The molecule has 0 aliphatic carbocycles. The van der Waals surface area contributed by atoms with Crippen LogP contribution in [0.2, 0.25) is 0 Å². The summed E-state index contributed by atoms with van der Waals surface area (Å²) in [4.78, 5) is 12.0. The molecule has 0 saturated carbocycles. The Hall–Kier alpha value is -1.72. The van der Waals surface area contributed by atoms with Crippen LogP contribution in [0.3, 0.4) is 0 Å². The van der Waals surface area contributed by atoms with Crippen LogP contribution < -0.4 is 16.0 Å². The van der Waals surface area contributed by atoms with Crippen LogP contribution in [0.1, 0.15) is 26.5 Å². The van der Waals surface area contributed by atoms with Gasteiger partial charge in [0.25, 0.3) is 0 Å². The van der Waals surface area contributed by atoms with Crippen molar-refractivity contribution in [1.29, 1.82) is 0 Å². The maximum Gasteiger partial charge on any atom is 0.200 e. The van der Waals surface area contributed by atoms with Crippen LogP contribution in [0.5, 0.6) is 0 Å². The van der Waals surface area contributed by atoms with Crippen molar-refractivity contribution in [1.82, 2.24) is 20.6 Å². The molecule has 2 heterocycles. The molecule has 4 N–H and O–H groups in total. The Morgan fingerprint density at radius 1 is 1.33 bits per heavy atom. The van der Waals surface area contributed by atoms with Crippen molar-refractivity contribution in [3.63, 3.8) is 0 Å². The summed E-state index contributed by atoms with van der Waals surface area (Å²) in [6, 6.07) is 0.696. The largest absolute Gasteiger partial charge is 0.355 e. The Morgan fingerprint density at radius 3 is 2.83 bits per heavy atom. The van der Waals surface area contributed by atoms with Crippen LogP contribution in [-0.4, -0.2) is 41.1 Å². The summed E-state index contributed by atoms with van der Waals surface area (Å²) in [5.41, 5.74) is 1.05. The molecular formula is C12H22N6. The summed E-state index contributed by atoms with van der Waals surface area (Å²) in [6.45, 7) is 8.11. The number of hydrogen-bond donors (Lipinski definition) is 4. The lowest BCUT2D eigenvalue weighted by atomic mass is 10.2. The minimum absolute atomic E-state index is 0.310. The van der Waals surface area contributed by atoms with E-state index in [4.69, 9.17) is 0 Å². The Morgan fingerprint density at radius 2 is 2.17 bits per heavy atom. The third-order valence-electron chi connectivity index (χ3n) is 2.63. The smallest absolute Gasteiger partial charge is 0.200 e. The average molecular weight is 250 g/mol. The number of nitrogens with zero attached hydrogens (tertiary/aromatic N) is 2. The van der Waals surface area contributed by atoms with E-state index in [0.717, 1.165) is 37.1 Å². The molecule has 0 bridgehead atoms. The summed E-state index contributed by atoms with van der Waals surface area (Å²) in [7, 11) is 0. The third kappa shape index (κ3) is 3.65. The molecule has 100 valence electrons. The van der Waals surface area contributed by atoms with E-state index in [1.165, 1.54) is 0 Å². The van der Waals surface area contributed by atoms with E-state index < -0.39 is 0 Å². The van der Waals surface area contributed by atoms with Crippen molar-refractivity contribution in [2.24, 2.45) is 4.99 Å². The van der Waals surface area contributed by atoms with Crippen molar-refractivity contribution in [2.75, 3.05) is 18.4 Å². The minimum Gasteiger partial charge on any atom is -0.355 e. The van der Waals surface area contributed by atoms with E-state index in [9.17, 15) is 0 Å². The van der Waals surface area contributed by atoms with Gasteiger partial charge in [0.1, 0.15) is 0 Å². The number of aliphatic imine (C=N–C) groups is 1. The Bertz CT molecular complexity index is 408. The molecule has 1 aliphatic rings. The van der Waals surface area contributed by atoms with E-state index in [1.54, 1.807) is 0 Å². The van der Waals surface area contributed by atoms with Crippen molar-refractivity contribution < 1.29 is 0 Å². The quantitative estimate of drug-likeness (QED) is 0.621. The van der Waals surface area contributed by atoms with Gasteiger partial charge in [-0.15, -0.1) is 0 Å². The predicted octanol–water partition coefficient (Wildman–Crippen LogP) is 0.710. The van der Waals surface area contributed by atoms with Crippen molar-refractivity contribution in [2.45, 2.75) is 39.3 Å². The fourth-order valence-corrected chi connectivity index (χ4v) is 1.90. The molecule has 1 atom stereocenters. The molecule has 0 aromatic carbocycles. The number of aromatic amines is 1. The molecule has 0 fully saturated rings. The zero-order valence-electron chi connectivity index (χ0n) is 11.2. The molecule has 0 unspecified atom stereocenters. The molecule has 1 aromatic heterocycles. The van der Waals surface area contributed by atoms with Crippen LogP contribution in [0.4, 0.5) is 5.95 Å². The zero-order chi connectivity index (χ0) is 13.0. The van der Waals surface area contributed by atoms with Gasteiger partial charge in [0.15, 0.2) is 5.96 Å². The molecule has 0 spiro atoms. The summed E-state index contributed by atoms with van der Waals surface area (Å²) in [5.74, 6) is 1.74. The number of hydrogen-bond acceptors (Lipinski definition) is 5. The number of rotatable bonds is 5. The minimum atomic E-state index is 0.310. The van der Waals surface area contributed by atoms with Gasteiger partial charge in [-0.3, -0.25) is 4.99 Å². The number of H-pyrrole nitrogens is 1. The molecule has 1 aromatic rings. The average Bonchev–Trinajstić information content (AvgIpc) is 2.89. The van der Waals surface area contributed by atoms with E-state index in [2.05, 4.69) is 51.7 Å². The number of imidazole rings is 1. The highest BCUT2D eigenvalue weighted by atomic mass is 15.2. The van der Waals surface area contributed by atoms with Crippen molar-refractivity contribution in [3.05, 3.63) is 11.9 Å². The molecule has 18 heavy (non-hydrogen) atoms. The number of nitrogens with one attached hydrogen (secondary N) is 4. The first-order valence-corrected chi connectivity index (χ1v) is 6.49. The second-order valence-corrected chi connectivity index (χ2v) is 4.95. The fourth-order valence-electron chi connectivity index (χ4n) is 1.90. The molecule has 0 radical (unpaired) electrons. The fraction of sp³-hybridized carbons (Fsp3) is 0.667. The van der Waals surface area contributed by atoms with Gasteiger partial charge in [-0.1, -0.05) is 0 Å². The van der Waals surface area contributed by atoms with Crippen molar-refractivity contribution in [3.8, 4) is 0 Å². The first-order valence-electron chi connectivity index (χ1n) is 6.49. The van der Waals surface area contributed by atoms with Gasteiger partial charge in [-0.2, -0.15) is 0 Å². The van der Waals surface area contributed by atoms with E-state index in [-0.39, 0.29) is 0 Å². The van der Waals surface area contributed by atoms with Gasteiger partial charge < -0.3 is 20.9 Å². The zero-order valence-corrected chi connectivity index (χ0v) is 11.2. The number of guanidine groups is 1. The molecule has 6 nitrogen and oxygen atoms in total. The molecule has 1 aliphatic heterocycles. The highest BCUT2D eigenvalue weighted by Crippen LogP contribution is 2.06. The standard InChI is InChI=1S/C12H22N6/c1-8(2)16-12-15-7-10(18-12)6-9(3)17-11-13-4-5-14-11/h7-9H,4-6H2,1-3H3,(H2,13,14,17)(H2,15,16,18)/t9-/m0/s1. The third-order valence-corrected chi connectivity index (χ3v) is 2.63. The second-order valence-electron chi connectivity index (χ2n) is 4.95. The summed E-state index contributed by atoms with van der Waals surface area (Å²) in [5, 5.41) is 9.79. The van der Waals surface area contributed by atoms with Gasteiger partial charge >= 0.3 is 0 Å². The molecule has 0 saturated heterocycles. The van der Waals surface area contributed by atoms with Gasteiger partial charge in [0.2, 0.25) is 5.95 Å². The van der Waals surface area contributed by atoms with E-state index in [1.807, 2.05) is 6.20 Å². The first kappa shape index (κ1) is 12.7. The highest BCUT2D eigenvalue weighted by molar-refractivity contribution is 5.81. The van der Waals surface area contributed by atoms with Crippen LogP contribution in [0, 0.1) is 0 Å². The van der Waals surface area contributed by atoms with Gasteiger partial charge in [0.05, 0.1) is 12.2 Å². The summed E-state index contributed by atoms with van der Waals surface area (Å²) < 4.78 is 0. The van der Waals surface area contributed by atoms with E-state index in [0.29, 0.717) is 12.1 Å². The van der Waals surface area contributed by atoms with Crippen LogP contribution in [0.25, 0.3) is 0 Å². The van der Waals surface area contributed by atoms with Crippen LogP contribution in [0.15, 0.2) is 11.2 Å². The summed E-state index contributed by atoms with van der Waals surface area (Å²) >= 11 is 0. The van der Waals surface area contributed by atoms with E-state index >= 15 is 0 Å². The van der Waals surface area contributed by atoms with Gasteiger partial charge in [-0.05, 0) is 20.8 Å². The molecule has 0 amide bonds. The van der Waals surface area contributed by atoms with Crippen molar-refractivity contribution >= 4 is 11.9 Å². The predicted molar refractivity (Wildman–Crippen MR) is 74.0 cm³/mol. The SMILES string of the molecule is CC(C)Nc1nc(C[C@H](C)NC2=NCCN2)c[nH]1. The lowest BCUT2D eigenvalue weighted by Gasteiger charge is -2.13. The van der Waals surface area contributed by atoms with Gasteiger partial charge in [0, 0.05) is 31.2 Å². The normalized spacial score (nSPS) is 16.3. The monoisotopic (exact) mass is 250 g/mol. The van der Waals surface area contributed by atoms with Crippen LogP contribution >= 0.6 is 0 Å². The highest BCUT2D eigenvalue weighted by Gasteiger charge is 2.11.